The Hall–Kier alpha value is -1.08. The zero-order valence-corrected chi connectivity index (χ0v) is 12.0. The molecular weight excluding hydrogens is 264 g/mol. The predicted octanol–water partition coefficient (Wildman–Crippen LogP) is 0.522. The van der Waals surface area contributed by atoms with Gasteiger partial charge in [0.2, 0.25) is 11.8 Å². The molecular formula is C12H20N4O2S. The minimum Gasteiger partial charge on any atom is -0.355 e. The second-order valence-corrected chi connectivity index (χ2v) is 5.88. The van der Waals surface area contributed by atoms with E-state index in [1.54, 1.807) is 18.7 Å². The Kier molecular flexibility index (Phi) is 5.65. The van der Waals surface area contributed by atoms with Crippen molar-refractivity contribution in [3.8, 4) is 0 Å². The van der Waals surface area contributed by atoms with Gasteiger partial charge in [-0.2, -0.15) is 4.98 Å². The maximum atomic E-state index is 11.7. The van der Waals surface area contributed by atoms with Crippen molar-refractivity contribution < 1.29 is 9.32 Å². The zero-order chi connectivity index (χ0) is 13.5. The van der Waals surface area contributed by atoms with Crippen LogP contribution in [0.1, 0.15) is 24.6 Å². The predicted molar refractivity (Wildman–Crippen MR) is 74.1 cm³/mol. The minimum absolute atomic E-state index is 0.0868. The molecule has 0 unspecified atom stereocenters. The van der Waals surface area contributed by atoms with E-state index >= 15 is 0 Å². The van der Waals surface area contributed by atoms with Gasteiger partial charge in [-0.25, -0.2) is 0 Å². The second kappa shape index (κ2) is 7.49. The first kappa shape index (κ1) is 14.3. The summed E-state index contributed by atoms with van der Waals surface area (Å²) in [4.78, 5) is 15.8. The van der Waals surface area contributed by atoms with Crippen LogP contribution in [0.4, 0.5) is 0 Å². The van der Waals surface area contributed by atoms with E-state index in [1.807, 2.05) is 0 Å². The fourth-order valence-electron chi connectivity index (χ4n) is 1.96. The normalized spacial score (nSPS) is 16.5. The highest BCUT2D eigenvalue weighted by molar-refractivity contribution is 8.00. The van der Waals surface area contributed by atoms with Crippen LogP contribution in [0.25, 0.3) is 0 Å². The number of hydrogen-bond donors (Lipinski definition) is 2. The van der Waals surface area contributed by atoms with Crippen molar-refractivity contribution in [3.05, 3.63) is 11.7 Å². The van der Waals surface area contributed by atoms with Crippen LogP contribution in [0.5, 0.6) is 0 Å². The van der Waals surface area contributed by atoms with Gasteiger partial charge >= 0.3 is 0 Å². The average Bonchev–Trinajstić information content (AvgIpc) is 2.83. The number of carbonyl (C=O) groups excluding carboxylic acids is 1. The van der Waals surface area contributed by atoms with Crippen LogP contribution in [0, 0.1) is 6.92 Å². The molecule has 6 nitrogen and oxygen atoms in total. The summed E-state index contributed by atoms with van der Waals surface area (Å²) < 4.78 is 4.87. The van der Waals surface area contributed by atoms with Gasteiger partial charge in [0.1, 0.15) is 0 Å². The largest absolute Gasteiger partial charge is 0.355 e. The third kappa shape index (κ3) is 5.20. The minimum atomic E-state index is 0.0868. The Morgan fingerprint density at radius 2 is 2.32 bits per heavy atom. The Balaban J connectivity index is 1.56. The highest BCUT2D eigenvalue weighted by Crippen LogP contribution is 2.19. The van der Waals surface area contributed by atoms with Gasteiger partial charge in [-0.1, -0.05) is 5.16 Å². The standard InChI is InChI=1S/C12H20N4O2S/c1-9-15-11(16-18-9)4-7-14-12(17)8-19-10-2-5-13-6-3-10/h10,13H,2-8H2,1H3,(H,14,17). The Morgan fingerprint density at radius 3 is 3.00 bits per heavy atom. The lowest BCUT2D eigenvalue weighted by Gasteiger charge is -2.21. The molecule has 19 heavy (non-hydrogen) atoms. The fourth-order valence-corrected chi connectivity index (χ4v) is 3.02. The molecule has 0 radical (unpaired) electrons. The zero-order valence-electron chi connectivity index (χ0n) is 11.1. The smallest absolute Gasteiger partial charge is 0.230 e. The third-order valence-corrected chi connectivity index (χ3v) is 4.35. The molecule has 0 aromatic carbocycles. The molecule has 1 aliphatic heterocycles. The molecule has 0 aliphatic carbocycles. The van der Waals surface area contributed by atoms with E-state index in [4.69, 9.17) is 4.52 Å². The number of amides is 1. The van der Waals surface area contributed by atoms with E-state index < -0.39 is 0 Å². The molecule has 1 aliphatic rings. The Bertz CT molecular complexity index is 404. The lowest BCUT2D eigenvalue weighted by Crippen LogP contribution is -2.32. The van der Waals surface area contributed by atoms with Gasteiger partial charge in [0.05, 0.1) is 5.75 Å². The summed E-state index contributed by atoms with van der Waals surface area (Å²) in [6.07, 6.45) is 2.92. The molecule has 106 valence electrons. The molecule has 1 fully saturated rings. The molecule has 7 heteroatoms. The molecule has 0 atom stereocenters. The Labute approximate surface area is 117 Å². The third-order valence-electron chi connectivity index (χ3n) is 2.98. The molecule has 0 bridgehead atoms. The monoisotopic (exact) mass is 284 g/mol. The van der Waals surface area contributed by atoms with Crippen molar-refractivity contribution in [1.29, 1.82) is 0 Å². The summed E-state index contributed by atoms with van der Waals surface area (Å²) in [6, 6.07) is 0. The fraction of sp³-hybridized carbons (Fsp3) is 0.750. The maximum absolute atomic E-state index is 11.7. The first-order chi connectivity index (χ1) is 9.24. The number of nitrogens with one attached hydrogen (secondary N) is 2. The van der Waals surface area contributed by atoms with E-state index in [0.29, 0.717) is 35.7 Å². The van der Waals surface area contributed by atoms with Crippen LogP contribution >= 0.6 is 11.8 Å². The maximum Gasteiger partial charge on any atom is 0.230 e. The van der Waals surface area contributed by atoms with Crippen molar-refractivity contribution in [2.45, 2.75) is 31.4 Å². The van der Waals surface area contributed by atoms with Gasteiger partial charge in [0.15, 0.2) is 5.82 Å². The number of carbonyl (C=O) groups is 1. The van der Waals surface area contributed by atoms with Crippen molar-refractivity contribution >= 4 is 17.7 Å². The first-order valence-electron chi connectivity index (χ1n) is 6.62. The number of nitrogens with zero attached hydrogens (tertiary/aromatic N) is 2. The SMILES string of the molecule is Cc1nc(CCNC(=O)CSC2CCNCC2)no1. The summed E-state index contributed by atoms with van der Waals surface area (Å²) >= 11 is 1.75. The highest BCUT2D eigenvalue weighted by atomic mass is 32.2. The van der Waals surface area contributed by atoms with Crippen LogP contribution < -0.4 is 10.6 Å². The summed E-state index contributed by atoms with van der Waals surface area (Å²) in [5.74, 6) is 1.82. The average molecular weight is 284 g/mol. The van der Waals surface area contributed by atoms with Crippen LogP contribution in [-0.4, -0.2) is 46.7 Å². The van der Waals surface area contributed by atoms with Gasteiger partial charge in [-0.3, -0.25) is 4.79 Å². The van der Waals surface area contributed by atoms with Gasteiger partial charge < -0.3 is 15.2 Å². The highest BCUT2D eigenvalue weighted by Gasteiger charge is 2.14. The molecule has 1 amide bonds. The molecule has 0 saturated carbocycles. The number of hydrogen-bond acceptors (Lipinski definition) is 6. The number of aromatic nitrogens is 2. The number of piperidine rings is 1. The van der Waals surface area contributed by atoms with Crippen LogP contribution in [-0.2, 0) is 11.2 Å². The van der Waals surface area contributed by atoms with Gasteiger partial charge in [0.25, 0.3) is 0 Å². The lowest BCUT2D eigenvalue weighted by molar-refractivity contribution is -0.118. The molecule has 0 spiro atoms. The number of aryl methyl sites for hydroxylation is 1. The Morgan fingerprint density at radius 1 is 1.53 bits per heavy atom. The summed E-state index contributed by atoms with van der Waals surface area (Å²) in [5, 5.41) is 10.6. The quantitative estimate of drug-likeness (QED) is 0.793. The summed E-state index contributed by atoms with van der Waals surface area (Å²) in [6.45, 7) is 4.45. The van der Waals surface area contributed by atoms with Gasteiger partial charge in [0, 0.05) is 25.1 Å². The molecule has 1 saturated heterocycles. The van der Waals surface area contributed by atoms with Crippen molar-refractivity contribution in [2.75, 3.05) is 25.4 Å². The van der Waals surface area contributed by atoms with Crippen molar-refractivity contribution in [3.63, 3.8) is 0 Å². The molecule has 1 aromatic rings. The van der Waals surface area contributed by atoms with E-state index in [-0.39, 0.29) is 5.91 Å². The molecule has 2 N–H and O–H groups in total. The van der Waals surface area contributed by atoms with Crippen LogP contribution in [0.3, 0.4) is 0 Å². The number of rotatable bonds is 6. The lowest BCUT2D eigenvalue weighted by atomic mass is 10.2. The van der Waals surface area contributed by atoms with E-state index in [2.05, 4.69) is 20.8 Å². The molecule has 2 rings (SSSR count). The van der Waals surface area contributed by atoms with Crippen molar-refractivity contribution in [1.82, 2.24) is 20.8 Å². The van der Waals surface area contributed by atoms with Crippen molar-refractivity contribution in [2.24, 2.45) is 0 Å². The van der Waals surface area contributed by atoms with Crippen LogP contribution in [0.2, 0.25) is 0 Å². The second-order valence-electron chi connectivity index (χ2n) is 4.59. The van der Waals surface area contributed by atoms with Gasteiger partial charge in [-0.15, -0.1) is 11.8 Å². The topological polar surface area (TPSA) is 80.0 Å². The number of thioether (sulfide) groups is 1. The molecule has 1 aromatic heterocycles. The van der Waals surface area contributed by atoms with E-state index in [0.717, 1.165) is 25.9 Å². The first-order valence-corrected chi connectivity index (χ1v) is 7.67. The summed E-state index contributed by atoms with van der Waals surface area (Å²) in [5.41, 5.74) is 0. The summed E-state index contributed by atoms with van der Waals surface area (Å²) in [7, 11) is 0. The van der Waals surface area contributed by atoms with Gasteiger partial charge in [-0.05, 0) is 25.9 Å². The van der Waals surface area contributed by atoms with E-state index in [1.165, 1.54) is 0 Å². The van der Waals surface area contributed by atoms with E-state index in [9.17, 15) is 4.79 Å². The van der Waals surface area contributed by atoms with Crippen LogP contribution in [0.15, 0.2) is 4.52 Å². The molecule has 2 heterocycles.